The Morgan fingerprint density at radius 1 is 1.18 bits per heavy atom. The van der Waals surface area contributed by atoms with E-state index in [4.69, 9.17) is 10.5 Å². The van der Waals surface area contributed by atoms with Crippen LogP contribution in [0.15, 0.2) is 58.6 Å². The van der Waals surface area contributed by atoms with E-state index in [1.165, 1.54) is 11.8 Å². The zero-order valence-electron chi connectivity index (χ0n) is 22.1. The number of nitrogens with zero attached hydrogens (tertiary/aromatic N) is 5. The van der Waals surface area contributed by atoms with Gasteiger partial charge in [-0.25, -0.2) is 18.7 Å². The summed E-state index contributed by atoms with van der Waals surface area (Å²) < 4.78 is 36.4. The molecular weight excluding hydrogens is 534 g/mol. The molecule has 5 heterocycles. The lowest BCUT2D eigenvalue weighted by Crippen LogP contribution is -2.48. The second kappa shape index (κ2) is 11.1. The molecule has 6 rings (SSSR count). The summed E-state index contributed by atoms with van der Waals surface area (Å²) in [6, 6.07) is 8.80. The smallest absolute Gasteiger partial charge is 0.213 e. The predicted octanol–water partition coefficient (Wildman–Crippen LogP) is 4.44. The molecule has 0 radical (unpaired) electrons. The molecule has 1 saturated heterocycles. The van der Waals surface area contributed by atoms with Crippen LogP contribution in [0.3, 0.4) is 0 Å². The molecule has 11 heteroatoms. The van der Waals surface area contributed by atoms with Crippen LogP contribution in [0.4, 0.5) is 20.3 Å². The van der Waals surface area contributed by atoms with Crippen molar-refractivity contribution in [2.45, 2.75) is 43.4 Å². The van der Waals surface area contributed by atoms with Gasteiger partial charge in [0, 0.05) is 68.5 Å². The Hall–Kier alpha value is -3.70. The number of methoxy groups -OCH3 is 1. The van der Waals surface area contributed by atoms with E-state index in [1.807, 2.05) is 29.0 Å². The molecule has 40 heavy (non-hydrogen) atoms. The number of rotatable bonds is 7. The Bertz CT molecular complexity index is 1610. The normalized spacial score (nSPS) is 17.0. The van der Waals surface area contributed by atoms with Gasteiger partial charge in [0.1, 0.15) is 5.82 Å². The third-order valence-electron chi connectivity index (χ3n) is 7.68. The van der Waals surface area contributed by atoms with Gasteiger partial charge >= 0.3 is 0 Å². The third kappa shape index (κ3) is 5.11. The largest absolute Gasteiger partial charge is 0.481 e. The number of thioether (sulfide) groups is 1. The lowest BCUT2D eigenvalue weighted by atomic mass is 10.0. The predicted molar refractivity (Wildman–Crippen MR) is 153 cm³/mol. The molecule has 0 bridgehead atoms. The summed E-state index contributed by atoms with van der Waals surface area (Å²) in [4.78, 5) is 27.0. The second-order valence-electron chi connectivity index (χ2n) is 10.2. The highest BCUT2D eigenvalue weighted by Crippen LogP contribution is 2.35. The average molecular weight is 565 g/mol. The zero-order chi connectivity index (χ0) is 27.8. The fourth-order valence-corrected chi connectivity index (χ4v) is 6.78. The molecule has 1 unspecified atom stereocenters. The summed E-state index contributed by atoms with van der Waals surface area (Å²) in [6.45, 7) is 3.19. The summed E-state index contributed by atoms with van der Waals surface area (Å²) >= 11 is 1.26. The van der Waals surface area contributed by atoms with Gasteiger partial charge in [0.05, 0.1) is 34.8 Å². The summed E-state index contributed by atoms with van der Waals surface area (Å²) in [5.41, 5.74) is 8.59. The van der Waals surface area contributed by atoms with E-state index in [0.29, 0.717) is 48.2 Å². The Kier molecular flexibility index (Phi) is 7.33. The topological polar surface area (TPSA) is 89.5 Å². The molecule has 1 fully saturated rings. The summed E-state index contributed by atoms with van der Waals surface area (Å²) in [5.74, 6) is -0.264. The SMILES string of the molecule is COc1cc(CN(Cc2cn3c4c(c(F)c(F)cc4c2=O)SCC3)C2CCCN(c3ccc(N)nc3)C2)ccn1. The molecule has 0 aliphatic carbocycles. The minimum absolute atomic E-state index is 0.123. The molecule has 0 saturated carbocycles. The number of hydrogen-bond donors (Lipinski definition) is 1. The van der Waals surface area contributed by atoms with Gasteiger partial charge in [-0.1, -0.05) is 0 Å². The van der Waals surface area contributed by atoms with Crippen LogP contribution in [0, 0.1) is 11.6 Å². The monoisotopic (exact) mass is 564 g/mol. The molecule has 2 N–H and O–H groups in total. The maximum Gasteiger partial charge on any atom is 0.213 e. The van der Waals surface area contributed by atoms with Crippen molar-refractivity contribution < 1.29 is 13.5 Å². The third-order valence-corrected chi connectivity index (χ3v) is 8.73. The number of ether oxygens (including phenoxy) is 1. The quantitative estimate of drug-likeness (QED) is 0.353. The van der Waals surface area contributed by atoms with Crippen LogP contribution in [0.2, 0.25) is 0 Å². The van der Waals surface area contributed by atoms with Crippen LogP contribution in [0.25, 0.3) is 10.9 Å². The van der Waals surface area contributed by atoms with E-state index < -0.39 is 11.6 Å². The minimum Gasteiger partial charge on any atom is -0.481 e. The number of piperidine rings is 1. The van der Waals surface area contributed by atoms with Crippen LogP contribution in [-0.4, -0.2) is 51.4 Å². The summed E-state index contributed by atoms with van der Waals surface area (Å²) in [6.07, 6.45) is 7.25. The standard InChI is InChI=1S/C29H30F2N6O2S/c1-39-25-11-18(6-7-33-25)14-37(21-3-2-8-35(17-21)20-4-5-24(32)34-13-20)16-19-15-36-9-10-40-29-26(31)23(30)12-22(27(29)36)28(19)38/h4-7,11-13,15,21H,2-3,8-10,14,16-17H2,1H3,(H2,32,34). The minimum atomic E-state index is -0.988. The van der Waals surface area contributed by atoms with E-state index in [1.54, 1.807) is 25.6 Å². The lowest BCUT2D eigenvalue weighted by molar-refractivity contribution is 0.158. The van der Waals surface area contributed by atoms with Crippen molar-refractivity contribution in [2.75, 3.05) is 36.6 Å². The molecule has 1 aromatic carbocycles. The van der Waals surface area contributed by atoms with Crippen molar-refractivity contribution in [3.8, 4) is 5.88 Å². The van der Waals surface area contributed by atoms with Gasteiger partial charge in [-0.3, -0.25) is 9.69 Å². The molecule has 3 aromatic heterocycles. The van der Waals surface area contributed by atoms with Crippen molar-refractivity contribution in [1.29, 1.82) is 0 Å². The number of aryl methyl sites for hydroxylation is 1. The number of halogens is 2. The van der Waals surface area contributed by atoms with Crippen LogP contribution < -0.4 is 20.8 Å². The molecule has 2 aliphatic rings. The first kappa shape index (κ1) is 26.5. The van der Waals surface area contributed by atoms with Crippen LogP contribution in [0.5, 0.6) is 5.88 Å². The number of pyridine rings is 3. The second-order valence-corrected chi connectivity index (χ2v) is 11.3. The van der Waals surface area contributed by atoms with Crippen molar-refractivity contribution in [3.63, 3.8) is 0 Å². The molecule has 2 aliphatic heterocycles. The number of aromatic nitrogens is 3. The Morgan fingerprint density at radius 3 is 2.85 bits per heavy atom. The van der Waals surface area contributed by atoms with Gasteiger partial charge in [-0.15, -0.1) is 11.8 Å². The first-order chi connectivity index (χ1) is 19.4. The van der Waals surface area contributed by atoms with Crippen molar-refractivity contribution in [1.82, 2.24) is 19.4 Å². The number of benzene rings is 1. The average Bonchev–Trinajstić information content (AvgIpc) is 2.98. The highest BCUT2D eigenvalue weighted by Gasteiger charge is 2.28. The first-order valence-corrected chi connectivity index (χ1v) is 14.3. The van der Waals surface area contributed by atoms with Crippen LogP contribution in [-0.2, 0) is 19.6 Å². The number of anilines is 2. The lowest BCUT2D eigenvalue weighted by Gasteiger charge is -2.40. The van der Waals surface area contributed by atoms with Crippen molar-refractivity contribution in [3.05, 3.63) is 81.9 Å². The summed E-state index contributed by atoms with van der Waals surface area (Å²) in [5, 5.41) is 0.224. The van der Waals surface area contributed by atoms with Gasteiger partial charge in [-0.05, 0) is 42.7 Å². The maximum atomic E-state index is 14.6. The fraction of sp³-hybridized carbons (Fsp3) is 0.345. The molecule has 0 spiro atoms. The Balaban J connectivity index is 1.38. The fourth-order valence-electron chi connectivity index (χ4n) is 5.70. The Morgan fingerprint density at radius 2 is 2.05 bits per heavy atom. The number of nitrogen functional groups attached to an aromatic ring is 1. The molecule has 4 aromatic rings. The van der Waals surface area contributed by atoms with Gasteiger partial charge in [0.25, 0.3) is 0 Å². The molecule has 208 valence electrons. The van der Waals surface area contributed by atoms with Crippen molar-refractivity contribution in [2.24, 2.45) is 0 Å². The molecule has 0 amide bonds. The van der Waals surface area contributed by atoms with E-state index in [9.17, 15) is 13.6 Å². The van der Waals surface area contributed by atoms with Crippen molar-refractivity contribution >= 4 is 34.2 Å². The number of hydrogen-bond acceptors (Lipinski definition) is 8. The number of nitrogens with two attached hydrogens (primary N) is 1. The van der Waals surface area contributed by atoms with Gasteiger partial charge in [0.15, 0.2) is 17.1 Å². The Labute approximate surface area is 234 Å². The highest BCUT2D eigenvalue weighted by molar-refractivity contribution is 7.99. The van der Waals surface area contributed by atoms with E-state index >= 15 is 0 Å². The highest BCUT2D eigenvalue weighted by atomic mass is 32.2. The molecule has 8 nitrogen and oxygen atoms in total. The zero-order valence-corrected chi connectivity index (χ0v) is 23.0. The maximum absolute atomic E-state index is 14.6. The van der Waals surface area contributed by atoms with Gasteiger partial charge in [-0.2, -0.15) is 0 Å². The van der Waals surface area contributed by atoms with Crippen LogP contribution in [0.1, 0.15) is 24.0 Å². The van der Waals surface area contributed by atoms with Gasteiger partial charge in [0.2, 0.25) is 5.88 Å². The van der Waals surface area contributed by atoms with E-state index in [0.717, 1.165) is 43.2 Å². The summed E-state index contributed by atoms with van der Waals surface area (Å²) in [7, 11) is 1.58. The van der Waals surface area contributed by atoms with E-state index in [-0.39, 0.29) is 21.8 Å². The van der Waals surface area contributed by atoms with Crippen LogP contribution >= 0.6 is 11.8 Å². The van der Waals surface area contributed by atoms with Gasteiger partial charge < -0.3 is 19.9 Å². The molecule has 1 atom stereocenters. The first-order valence-electron chi connectivity index (χ1n) is 13.3. The van der Waals surface area contributed by atoms with E-state index in [2.05, 4.69) is 19.8 Å². The molecular formula is C29H30F2N6O2S.